The summed E-state index contributed by atoms with van der Waals surface area (Å²) in [6.07, 6.45) is 26.3. The maximum atomic E-state index is 10.0. The third-order valence-electron chi connectivity index (χ3n) is 16.0. The minimum Gasteiger partial charge on any atom is -0.396 e. The summed E-state index contributed by atoms with van der Waals surface area (Å²) in [6.45, 7) is 22.2. The normalized spacial score (nSPS) is 38.1. The van der Waals surface area contributed by atoms with E-state index < -0.39 is 0 Å². The van der Waals surface area contributed by atoms with E-state index in [0.717, 1.165) is 49.6 Å². The van der Waals surface area contributed by atoms with Gasteiger partial charge in [0, 0.05) is 25.3 Å². The van der Waals surface area contributed by atoms with Crippen molar-refractivity contribution in [1.82, 2.24) is 10.6 Å². The minimum atomic E-state index is 0.243. The highest BCUT2D eigenvalue weighted by Gasteiger charge is 2.59. The molecule has 6 heteroatoms. The minimum absolute atomic E-state index is 0.243. The van der Waals surface area contributed by atoms with Crippen molar-refractivity contribution in [2.75, 3.05) is 26.3 Å². The Hall–Kier alpha value is -0.240. The number of ether oxygens (including phenoxy) is 2. The van der Waals surface area contributed by atoms with E-state index in [-0.39, 0.29) is 37.5 Å². The maximum absolute atomic E-state index is 10.0. The summed E-state index contributed by atoms with van der Waals surface area (Å²) >= 11 is 0. The van der Waals surface area contributed by atoms with Crippen LogP contribution in [0.15, 0.2) is 0 Å². The van der Waals surface area contributed by atoms with Gasteiger partial charge in [-0.15, -0.1) is 0 Å². The molecule has 4 aliphatic carbocycles. The van der Waals surface area contributed by atoms with E-state index in [1.807, 2.05) is 0 Å². The number of hydrogen-bond acceptors (Lipinski definition) is 6. The number of hydrogen-bond donors (Lipinski definition) is 4. The van der Waals surface area contributed by atoms with E-state index in [2.05, 4.69) is 66.0 Å². The lowest BCUT2D eigenvalue weighted by Crippen LogP contribution is -2.53. The standard InChI is InChI=1S/C48H88N2O4/c1-45(2)25-33-35-27-47(5,6)31-41(35)53-43(37(33)29-45)39(19-23-51)49-21-17-15-13-11-9-10-12-14-16-18-22-50-40(20-24-52)44-38-30-46(3,4)26-34(38)36-28-48(7,8)32-42(36)54-44/h33-44,49-52H,9-32H2,1-8H3/t33-,34-,35-,36-,37-,38-,39?,40?,41-,42-,43+,44+/m1/s1. The van der Waals surface area contributed by atoms with Crippen molar-refractivity contribution in [3.63, 3.8) is 0 Å². The smallest absolute Gasteiger partial charge is 0.0763 e. The molecule has 0 aromatic rings. The quantitative estimate of drug-likeness (QED) is 0.0874. The van der Waals surface area contributed by atoms with Crippen LogP contribution >= 0.6 is 0 Å². The first kappa shape index (κ1) is 43.3. The fraction of sp³-hybridized carbons (Fsp3) is 1.00. The average molecular weight is 757 g/mol. The molecule has 54 heavy (non-hydrogen) atoms. The molecule has 4 N–H and O–H groups in total. The van der Waals surface area contributed by atoms with Crippen LogP contribution in [0.2, 0.25) is 0 Å². The average Bonchev–Trinajstić information content (AvgIpc) is 3.79. The first-order valence-corrected chi connectivity index (χ1v) is 23.6. The summed E-state index contributed by atoms with van der Waals surface area (Å²) in [5.74, 6) is 4.30. The van der Waals surface area contributed by atoms with Crippen LogP contribution in [-0.4, -0.2) is 73.0 Å². The van der Waals surface area contributed by atoms with Gasteiger partial charge in [-0.05, 0) is 147 Å². The van der Waals surface area contributed by atoms with Crippen LogP contribution in [0, 0.1) is 57.2 Å². The van der Waals surface area contributed by atoms with Gasteiger partial charge >= 0.3 is 0 Å². The van der Waals surface area contributed by atoms with Crippen molar-refractivity contribution in [2.45, 2.75) is 220 Å². The van der Waals surface area contributed by atoms with E-state index in [9.17, 15) is 10.2 Å². The second kappa shape index (κ2) is 18.4. The lowest BCUT2D eigenvalue weighted by molar-refractivity contribution is -0.140. The zero-order valence-electron chi connectivity index (χ0n) is 36.6. The highest BCUT2D eigenvalue weighted by molar-refractivity contribution is 5.08. The second-order valence-corrected chi connectivity index (χ2v) is 23.2. The van der Waals surface area contributed by atoms with Crippen LogP contribution in [0.5, 0.6) is 0 Å². The molecule has 2 saturated heterocycles. The Morgan fingerprint density at radius 2 is 0.722 bits per heavy atom. The molecule has 2 unspecified atom stereocenters. The van der Waals surface area contributed by atoms with Gasteiger partial charge < -0.3 is 30.3 Å². The molecule has 0 radical (unpaired) electrons. The summed E-state index contributed by atoms with van der Waals surface area (Å²) in [7, 11) is 0. The number of rotatable bonds is 21. The van der Waals surface area contributed by atoms with Gasteiger partial charge in [0.05, 0.1) is 24.4 Å². The predicted molar refractivity (Wildman–Crippen MR) is 223 cm³/mol. The summed E-state index contributed by atoms with van der Waals surface area (Å²) in [5, 5.41) is 27.9. The van der Waals surface area contributed by atoms with Crippen LogP contribution in [0.4, 0.5) is 0 Å². The highest BCUT2D eigenvalue weighted by Crippen LogP contribution is 2.61. The van der Waals surface area contributed by atoms with E-state index in [0.29, 0.717) is 45.7 Å². The fourth-order valence-electron chi connectivity index (χ4n) is 13.9. The molecule has 0 bridgehead atoms. The van der Waals surface area contributed by atoms with Crippen LogP contribution in [0.25, 0.3) is 0 Å². The number of aliphatic hydroxyl groups excluding tert-OH is 2. The molecule has 4 saturated carbocycles. The number of unbranched alkanes of at least 4 members (excludes halogenated alkanes) is 9. The van der Waals surface area contributed by atoms with E-state index in [4.69, 9.17) is 9.47 Å². The summed E-state index contributed by atoms with van der Waals surface area (Å²) in [6, 6.07) is 0.550. The van der Waals surface area contributed by atoms with Crippen molar-refractivity contribution in [3.05, 3.63) is 0 Å². The molecule has 6 nitrogen and oxygen atoms in total. The van der Waals surface area contributed by atoms with Crippen LogP contribution < -0.4 is 10.6 Å². The van der Waals surface area contributed by atoms with Gasteiger partial charge in [0.2, 0.25) is 0 Å². The molecule has 0 spiro atoms. The van der Waals surface area contributed by atoms with Gasteiger partial charge in [0.15, 0.2) is 0 Å². The van der Waals surface area contributed by atoms with Gasteiger partial charge in [-0.3, -0.25) is 0 Å². The SMILES string of the molecule is CC1(C)C[C@H]2[C@@H](C1)[C@@H](C(CCO)NCCCCCCCCCCCCNC(CCO)[C@H]1O[C@@H]3CC(C)(C)C[C@@H]3[C@H]3CC(C)(C)C[C@H]31)O[C@@H]1CC(C)(C)C[C@H]21. The summed E-state index contributed by atoms with van der Waals surface area (Å²) in [4.78, 5) is 0. The molecule has 314 valence electrons. The number of fused-ring (bicyclic) bond motifs is 6. The Balaban J connectivity index is 0.824. The number of aliphatic hydroxyl groups is 2. The third-order valence-corrected chi connectivity index (χ3v) is 16.0. The molecule has 2 heterocycles. The molecule has 6 rings (SSSR count). The van der Waals surface area contributed by atoms with Gasteiger partial charge in [-0.25, -0.2) is 0 Å². The Labute approximate surface area is 333 Å². The van der Waals surface area contributed by atoms with E-state index >= 15 is 0 Å². The molecule has 0 aromatic carbocycles. The topological polar surface area (TPSA) is 83.0 Å². The Morgan fingerprint density at radius 3 is 1.07 bits per heavy atom. The molecular weight excluding hydrogens is 669 g/mol. The second-order valence-electron chi connectivity index (χ2n) is 23.2. The van der Waals surface area contributed by atoms with Crippen molar-refractivity contribution in [3.8, 4) is 0 Å². The van der Waals surface area contributed by atoms with Crippen molar-refractivity contribution >= 4 is 0 Å². The molecule has 0 aromatic heterocycles. The van der Waals surface area contributed by atoms with Crippen molar-refractivity contribution in [2.24, 2.45) is 57.2 Å². The molecule has 12 atom stereocenters. The van der Waals surface area contributed by atoms with Gasteiger partial charge in [0.25, 0.3) is 0 Å². The van der Waals surface area contributed by atoms with E-state index in [1.54, 1.807) is 0 Å². The molecule has 6 fully saturated rings. The largest absolute Gasteiger partial charge is 0.396 e. The lowest BCUT2D eigenvalue weighted by Gasteiger charge is -2.45. The first-order valence-electron chi connectivity index (χ1n) is 23.6. The summed E-state index contributed by atoms with van der Waals surface area (Å²) < 4.78 is 14.0. The van der Waals surface area contributed by atoms with Gasteiger partial charge in [-0.1, -0.05) is 107 Å². The van der Waals surface area contributed by atoms with Gasteiger partial charge in [-0.2, -0.15) is 0 Å². The van der Waals surface area contributed by atoms with Crippen molar-refractivity contribution in [1.29, 1.82) is 0 Å². The summed E-state index contributed by atoms with van der Waals surface area (Å²) in [5.41, 5.74) is 1.59. The van der Waals surface area contributed by atoms with Gasteiger partial charge in [0.1, 0.15) is 0 Å². The highest BCUT2D eigenvalue weighted by atomic mass is 16.5. The Bertz CT molecular complexity index is 1070. The number of nitrogens with one attached hydrogen (secondary N) is 2. The monoisotopic (exact) mass is 757 g/mol. The lowest BCUT2D eigenvalue weighted by atomic mass is 9.74. The van der Waals surface area contributed by atoms with E-state index in [1.165, 1.54) is 116 Å². The molecule has 0 amide bonds. The first-order chi connectivity index (χ1) is 25.6. The zero-order valence-corrected chi connectivity index (χ0v) is 36.6. The zero-order chi connectivity index (χ0) is 38.7. The molecule has 2 aliphatic heterocycles. The molecule has 6 aliphatic rings. The Kier molecular flexibility index (Phi) is 14.7. The van der Waals surface area contributed by atoms with Crippen molar-refractivity contribution < 1.29 is 19.7 Å². The Morgan fingerprint density at radius 1 is 0.426 bits per heavy atom. The predicted octanol–water partition coefficient (Wildman–Crippen LogP) is 10.1. The van der Waals surface area contributed by atoms with Crippen LogP contribution in [0.1, 0.15) is 184 Å². The fourth-order valence-corrected chi connectivity index (χ4v) is 13.9. The third kappa shape index (κ3) is 10.9. The van der Waals surface area contributed by atoms with Crippen LogP contribution in [0.3, 0.4) is 0 Å². The molecular formula is C48H88N2O4. The van der Waals surface area contributed by atoms with Crippen LogP contribution in [-0.2, 0) is 9.47 Å². The maximum Gasteiger partial charge on any atom is 0.0763 e.